The number of likely N-dealkylation sites (N-methyl/N-ethyl adjacent to an activating group) is 1. The summed E-state index contributed by atoms with van der Waals surface area (Å²) in [5.74, 6) is 2.64. The Morgan fingerprint density at radius 3 is 2.21 bits per heavy atom. The quantitative estimate of drug-likeness (QED) is 0.460. The first-order chi connectivity index (χ1) is 13.6. The highest BCUT2D eigenvalue weighted by atomic mass is 35.5. The van der Waals surface area contributed by atoms with E-state index >= 15 is 0 Å². The van der Waals surface area contributed by atoms with Crippen molar-refractivity contribution in [2.24, 2.45) is 0 Å². The molecule has 0 unspecified atom stereocenters. The molecule has 0 bridgehead atoms. The Kier molecular flexibility index (Phi) is 8.80. The molecule has 0 saturated heterocycles. The second-order valence-electron chi connectivity index (χ2n) is 6.89. The van der Waals surface area contributed by atoms with E-state index in [1.807, 2.05) is 31.2 Å². The summed E-state index contributed by atoms with van der Waals surface area (Å²) < 4.78 is 13.8. The number of hydrogen-bond acceptors (Lipinski definition) is 4. The highest BCUT2D eigenvalue weighted by molar-refractivity contribution is 5.85. The zero-order valence-electron chi connectivity index (χ0n) is 17.9. The summed E-state index contributed by atoms with van der Waals surface area (Å²) in [6.07, 6.45) is 0. The van der Waals surface area contributed by atoms with Crippen LogP contribution in [0.15, 0.2) is 42.5 Å². The number of aromatic nitrogens is 2. The van der Waals surface area contributed by atoms with Gasteiger partial charge in [0.2, 0.25) is 0 Å². The molecule has 0 saturated carbocycles. The van der Waals surface area contributed by atoms with Crippen LogP contribution in [-0.2, 0) is 13.2 Å². The second-order valence-corrected chi connectivity index (χ2v) is 6.89. The Labute approximate surface area is 180 Å². The Morgan fingerprint density at radius 1 is 0.931 bits per heavy atom. The Morgan fingerprint density at radius 2 is 1.59 bits per heavy atom. The Hall–Kier alpha value is -2.24. The molecule has 0 atom stereocenters. The van der Waals surface area contributed by atoms with Gasteiger partial charge in [0.15, 0.2) is 0 Å². The molecule has 0 amide bonds. The molecule has 0 radical (unpaired) electrons. The zero-order chi connectivity index (χ0) is 19.9. The number of ether oxygens (including phenoxy) is 2. The normalized spacial score (nSPS) is 10.9. The molecule has 3 aromatic rings. The minimum atomic E-state index is 0. The van der Waals surface area contributed by atoms with Crippen LogP contribution in [0.1, 0.15) is 32.2 Å². The minimum absolute atomic E-state index is 0. The summed E-state index contributed by atoms with van der Waals surface area (Å²) in [5.41, 5.74) is 3.42. The van der Waals surface area contributed by atoms with E-state index in [1.54, 1.807) is 0 Å². The SMILES string of the molecule is CCOc1ccc(OCc2nc3cc(C)ccc3n2CCN(CC)CC)cc1.Cl. The van der Waals surface area contributed by atoms with Crippen molar-refractivity contribution in [2.45, 2.75) is 40.8 Å². The molecular weight excluding hydrogens is 386 g/mol. The smallest absolute Gasteiger partial charge is 0.148 e. The van der Waals surface area contributed by atoms with Gasteiger partial charge in [-0.15, -0.1) is 12.4 Å². The summed E-state index contributed by atoms with van der Waals surface area (Å²) in [4.78, 5) is 7.29. The molecule has 0 N–H and O–H groups in total. The van der Waals surface area contributed by atoms with Gasteiger partial charge in [-0.25, -0.2) is 4.98 Å². The first kappa shape index (κ1) is 23.0. The number of hydrogen-bond donors (Lipinski definition) is 0. The van der Waals surface area contributed by atoms with Gasteiger partial charge in [-0.3, -0.25) is 0 Å². The van der Waals surface area contributed by atoms with Gasteiger partial charge < -0.3 is 18.9 Å². The maximum absolute atomic E-state index is 6.03. The number of rotatable bonds is 10. The van der Waals surface area contributed by atoms with E-state index in [-0.39, 0.29) is 12.4 Å². The summed E-state index contributed by atoms with van der Waals surface area (Å²) in [6.45, 7) is 13.6. The van der Waals surface area contributed by atoms with Crippen LogP contribution in [0.3, 0.4) is 0 Å². The van der Waals surface area contributed by atoms with Crippen molar-refractivity contribution in [3.8, 4) is 11.5 Å². The van der Waals surface area contributed by atoms with Gasteiger partial charge in [-0.2, -0.15) is 0 Å². The number of imidazole rings is 1. The second kappa shape index (κ2) is 11.1. The molecule has 0 aliphatic heterocycles. The monoisotopic (exact) mass is 417 g/mol. The summed E-state index contributed by atoms with van der Waals surface area (Å²) >= 11 is 0. The van der Waals surface area contributed by atoms with Crippen LogP contribution in [0.5, 0.6) is 11.5 Å². The summed E-state index contributed by atoms with van der Waals surface area (Å²) in [7, 11) is 0. The van der Waals surface area contributed by atoms with E-state index in [2.05, 4.69) is 48.4 Å². The predicted molar refractivity (Wildman–Crippen MR) is 121 cm³/mol. The van der Waals surface area contributed by atoms with Crippen LogP contribution in [0.25, 0.3) is 11.0 Å². The third kappa shape index (κ3) is 5.87. The van der Waals surface area contributed by atoms with Crippen molar-refractivity contribution in [2.75, 3.05) is 26.2 Å². The fraction of sp³-hybridized carbons (Fsp3) is 0.435. The Bertz CT molecular complexity index is 889. The summed E-state index contributed by atoms with van der Waals surface area (Å²) in [5, 5.41) is 0. The van der Waals surface area contributed by atoms with E-state index in [0.29, 0.717) is 13.2 Å². The number of aryl methyl sites for hydroxylation is 1. The van der Waals surface area contributed by atoms with Crippen molar-refractivity contribution in [1.29, 1.82) is 0 Å². The molecule has 0 aliphatic rings. The minimum Gasteiger partial charge on any atom is -0.494 e. The fourth-order valence-electron chi connectivity index (χ4n) is 3.38. The lowest BCUT2D eigenvalue weighted by Gasteiger charge is -2.19. The Balaban J connectivity index is 0.00000300. The molecule has 1 aromatic heterocycles. The van der Waals surface area contributed by atoms with E-state index < -0.39 is 0 Å². The first-order valence-corrected chi connectivity index (χ1v) is 10.2. The van der Waals surface area contributed by atoms with Crippen LogP contribution in [0.2, 0.25) is 0 Å². The standard InChI is InChI=1S/C23H31N3O2.ClH/c1-5-25(6-2)14-15-26-22-13-8-18(4)16-21(22)24-23(26)17-28-20-11-9-19(10-12-20)27-7-3;/h8-13,16H,5-7,14-15,17H2,1-4H3;1H. The molecule has 6 heteroatoms. The van der Waals surface area contributed by atoms with Gasteiger partial charge in [-0.05, 0) is 68.9 Å². The average Bonchev–Trinajstić information content (AvgIpc) is 3.05. The maximum atomic E-state index is 6.03. The molecule has 3 rings (SSSR count). The van der Waals surface area contributed by atoms with Crippen LogP contribution in [-0.4, -0.2) is 40.7 Å². The topological polar surface area (TPSA) is 39.5 Å². The van der Waals surface area contributed by atoms with Gasteiger partial charge in [0.1, 0.15) is 23.9 Å². The van der Waals surface area contributed by atoms with Crippen molar-refractivity contribution < 1.29 is 9.47 Å². The first-order valence-electron chi connectivity index (χ1n) is 10.2. The van der Waals surface area contributed by atoms with Crippen molar-refractivity contribution in [3.63, 3.8) is 0 Å². The molecule has 0 spiro atoms. The molecule has 1 heterocycles. The van der Waals surface area contributed by atoms with Crippen LogP contribution in [0, 0.1) is 6.92 Å². The van der Waals surface area contributed by atoms with E-state index in [1.165, 1.54) is 11.1 Å². The van der Waals surface area contributed by atoms with Gasteiger partial charge >= 0.3 is 0 Å². The largest absolute Gasteiger partial charge is 0.494 e. The fourth-order valence-corrected chi connectivity index (χ4v) is 3.38. The lowest BCUT2D eigenvalue weighted by molar-refractivity contribution is 0.271. The zero-order valence-corrected chi connectivity index (χ0v) is 18.7. The highest BCUT2D eigenvalue weighted by Crippen LogP contribution is 2.21. The number of benzene rings is 2. The van der Waals surface area contributed by atoms with E-state index in [4.69, 9.17) is 14.5 Å². The third-order valence-electron chi connectivity index (χ3n) is 5.02. The lowest BCUT2D eigenvalue weighted by Crippen LogP contribution is -2.27. The highest BCUT2D eigenvalue weighted by Gasteiger charge is 2.13. The van der Waals surface area contributed by atoms with Gasteiger partial charge in [0, 0.05) is 13.1 Å². The van der Waals surface area contributed by atoms with E-state index in [0.717, 1.165) is 49.0 Å². The molecule has 0 fully saturated rings. The van der Waals surface area contributed by atoms with Gasteiger partial charge in [0.25, 0.3) is 0 Å². The molecule has 0 aliphatic carbocycles. The van der Waals surface area contributed by atoms with Gasteiger partial charge in [0.05, 0.1) is 17.6 Å². The predicted octanol–water partition coefficient (Wildman–Crippen LogP) is 5.09. The van der Waals surface area contributed by atoms with Crippen molar-refractivity contribution >= 4 is 23.4 Å². The van der Waals surface area contributed by atoms with Crippen molar-refractivity contribution in [3.05, 3.63) is 53.9 Å². The van der Waals surface area contributed by atoms with Crippen LogP contribution in [0.4, 0.5) is 0 Å². The molecule has 158 valence electrons. The molecule has 5 nitrogen and oxygen atoms in total. The van der Waals surface area contributed by atoms with Crippen molar-refractivity contribution in [1.82, 2.24) is 14.5 Å². The maximum Gasteiger partial charge on any atom is 0.148 e. The summed E-state index contributed by atoms with van der Waals surface area (Å²) in [6, 6.07) is 14.2. The number of halogens is 1. The number of fused-ring (bicyclic) bond motifs is 1. The number of nitrogens with zero attached hydrogens (tertiary/aromatic N) is 3. The molecule has 2 aromatic carbocycles. The molecule has 29 heavy (non-hydrogen) atoms. The van der Waals surface area contributed by atoms with E-state index in [9.17, 15) is 0 Å². The molecular formula is C23H32ClN3O2. The van der Waals surface area contributed by atoms with Crippen LogP contribution < -0.4 is 9.47 Å². The third-order valence-corrected chi connectivity index (χ3v) is 5.02. The lowest BCUT2D eigenvalue weighted by atomic mass is 10.2. The van der Waals surface area contributed by atoms with Crippen LogP contribution >= 0.6 is 12.4 Å². The van der Waals surface area contributed by atoms with Gasteiger partial charge in [-0.1, -0.05) is 19.9 Å². The average molecular weight is 418 g/mol.